The Kier molecular flexibility index (Phi) is 3.98. The fraction of sp³-hybridized carbons (Fsp3) is 0.444. The summed E-state index contributed by atoms with van der Waals surface area (Å²) in [7, 11) is 1.36. The highest BCUT2D eigenvalue weighted by atomic mass is 16.5. The molecule has 1 N–H and O–H groups in total. The van der Waals surface area contributed by atoms with Crippen molar-refractivity contribution in [3.05, 3.63) is 35.0 Å². The molecule has 0 saturated carbocycles. The lowest BCUT2D eigenvalue weighted by Crippen LogP contribution is -2.40. The van der Waals surface area contributed by atoms with Crippen LogP contribution in [0.4, 0.5) is 0 Å². The Morgan fingerprint density at radius 1 is 1.39 bits per heavy atom. The lowest BCUT2D eigenvalue weighted by Gasteiger charge is -2.35. The van der Waals surface area contributed by atoms with Gasteiger partial charge in [-0.25, -0.2) is 0 Å². The zero-order valence-electron chi connectivity index (χ0n) is 13.7. The number of methoxy groups -OCH3 is 1. The summed E-state index contributed by atoms with van der Waals surface area (Å²) in [6, 6.07) is 5.96. The first-order chi connectivity index (χ1) is 11.1. The first-order valence-electron chi connectivity index (χ1n) is 7.94. The quantitative estimate of drug-likeness (QED) is 0.880. The Balaban J connectivity index is 2.26. The molecular formula is C18H21NO4. The molecule has 0 radical (unpaired) electrons. The highest BCUT2D eigenvalue weighted by Gasteiger charge is 2.44. The molecule has 0 unspecified atom stereocenters. The van der Waals surface area contributed by atoms with E-state index in [1.54, 1.807) is 0 Å². The van der Waals surface area contributed by atoms with Crippen LogP contribution in [0.3, 0.4) is 0 Å². The summed E-state index contributed by atoms with van der Waals surface area (Å²) in [6.07, 6.45) is 1.53. The minimum Gasteiger partial charge on any atom is -0.469 e. The van der Waals surface area contributed by atoms with E-state index in [1.165, 1.54) is 7.11 Å². The van der Waals surface area contributed by atoms with Gasteiger partial charge in [0.15, 0.2) is 5.78 Å². The molecule has 2 heterocycles. The Hall–Kier alpha value is -2.14. The number of nitrogens with one attached hydrogen (secondary N) is 1. The van der Waals surface area contributed by atoms with Crippen LogP contribution in [0.25, 0.3) is 10.9 Å². The Morgan fingerprint density at radius 3 is 2.83 bits per heavy atom. The molecule has 5 heteroatoms. The van der Waals surface area contributed by atoms with Gasteiger partial charge in [0.25, 0.3) is 0 Å². The van der Waals surface area contributed by atoms with Crippen molar-refractivity contribution in [2.45, 2.75) is 38.7 Å². The van der Waals surface area contributed by atoms with Crippen molar-refractivity contribution in [3.63, 3.8) is 0 Å². The molecule has 0 fully saturated rings. The highest BCUT2D eigenvalue weighted by molar-refractivity contribution is 6.11. The van der Waals surface area contributed by atoms with Gasteiger partial charge >= 0.3 is 5.97 Å². The number of esters is 1. The number of para-hydroxylation sites is 1. The number of ether oxygens (including phenoxy) is 2. The summed E-state index contributed by atoms with van der Waals surface area (Å²) >= 11 is 0. The number of aromatic nitrogens is 1. The lowest BCUT2D eigenvalue weighted by molar-refractivity contribution is -0.150. The van der Waals surface area contributed by atoms with Crippen LogP contribution in [0.5, 0.6) is 0 Å². The minimum atomic E-state index is -0.833. The molecule has 0 bridgehead atoms. The van der Waals surface area contributed by atoms with Gasteiger partial charge in [-0.2, -0.15) is 0 Å². The van der Waals surface area contributed by atoms with Gasteiger partial charge in [-0.3, -0.25) is 9.59 Å². The second-order valence-corrected chi connectivity index (χ2v) is 5.88. The smallest absolute Gasteiger partial charge is 0.308 e. The van der Waals surface area contributed by atoms with E-state index in [2.05, 4.69) is 11.9 Å². The first kappa shape index (κ1) is 15.7. The number of carbonyl (C=O) groups excluding carboxylic acids is 2. The van der Waals surface area contributed by atoms with E-state index in [1.807, 2.05) is 25.1 Å². The van der Waals surface area contributed by atoms with Crippen LogP contribution in [-0.2, 0) is 26.3 Å². The number of fused-ring (bicyclic) bond motifs is 3. The summed E-state index contributed by atoms with van der Waals surface area (Å²) in [5.41, 5.74) is 2.64. The first-order valence-corrected chi connectivity index (χ1v) is 7.94. The molecule has 3 rings (SSSR count). The zero-order valence-corrected chi connectivity index (χ0v) is 13.7. The molecule has 2 aromatic rings. The van der Waals surface area contributed by atoms with Crippen LogP contribution in [0.1, 0.15) is 48.3 Å². The molecule has 1 aliphatic rings. The Morgan fingerprint density at radius 2 is 2.17 bits per heavy atom. The molecule has 0 saturated heterocycles. The zero-order chi connectivity index (χ0) is 16.6. The van der Waals surface area contributed by atoms with Gasteiger partial charge in [-0.1, -0.05) is 32.0 Å². The molecule has 122 valence electrons. The van der Waals surface area contributed by atoms with Gasteiger partial charge in [-0.15, -0.1) is 0 Å². The lowest BCUT2D eigenvalue weighted by atomic mass is 9.85. The number of ketones is 1. The maximum atomic E-state index is 12.5. The number of hydrogen-bond acceptors (Lipinski definition) is 4. The van der Waals surface area contributed by atoms with Gasteiger partial charge in [-0.05, 0) is 18.4 Å². The monoisotopic (exact) mass is 315 g/mol. The maximum Gasteiger partial charge on any atom is 0.308 e. The summed E-state index contributed by atoms with van der Waals surface area (Å²) in [6.45, 7) is 4.02. The molecule has 1 aromatic heterocycles. The Labute approximate surface area is 135 Å². The van der Waals surface area contributed by atoms with Crippen molar-refractivity contribution in [3.8, 4) is 0 Å². The number of hydrogen-bond donors (Lipinski definition) is 1. The van der Waals surface area contributed by atoms with E-state index in [9.17, 15) is 9.59 Å². The second kappa shape index (κ2) is 5.81. The van der Waals surface area contributed by atoms with Gasteiger partial charge in [0.05, 0.1) is 24.8 Å². The SMILES string of the molecule is CCc1cccc2c3c([nH]c12)[C@](CC)(CC(=O)OC)OCC3=O. The fourth-order valence-electron chi connectivity index (χ4n) is 3.40. The van der Waals surface area contributed by atoms with E-state index in [4.69, 9.17) is 9.47 Å². The number of aromatic amines is 1. The van der Waals surface area contributed by atoms with Crippen LogP contribution in [0.15, 0.2) is 18.2 Å². The molecule has 0 spiro atoms. The minimum absolute atomic E-state index is 0.0128. The van der Waals surface area contributed by atoms with Crippen LogP contribution in [-0.4, -0.2) is 30.5 Å². The largest absolute Gasteiger partial charge is 0.469 e. The number of aryl methyl sites for hydroxylation is 1. The predicted octanol–water partition coefficient (Wildman–Crippen LogP) is 3.11. The van der Waals surface area contributed by atoms with Crippen molar-refractivity contribution in [1.29, 1.82) is 0 Å². The molecule has 0 amide bonds. The highest BCUT2D eigenvalue weighted by Crippen LogP contribution is 2.42. The molecule has 1 aliphatic heterocycles. The van der Waals surface area contributed by atoms with Crippen LogP contribution in [0, 0.1) is 0 Å². The average molecular weight is 315 g/mol. The molecule has 1 atom stereocenters. The summed E-state index contributed by atoms with van der Waals surface area (Å²) in [5, 5.41) is 0.912. The number of carbonyl (C=O) groups is 2. The number of H-pyrrole nitrogens is 1. The van der Waals surface area contributed by atoms with Crippen molar-refractivity contribution in [2.75, 3.05) is 13.7 Å². The standard InChI is InChI=1S/C18H21NO4/c1-4-11-7-6-8-12-15-13(20)10-23-18(5-2,9-14(21)22-3)17(15)19-16(11)12/h6-8,19H,4-5,9-10H2,1-3H3/t18-/m0/s1. The van der Waals surface area contributed by atoms with E-state index in [0.29, 0.717) is 17.7 Å². The van der Waals surface area contributed by atoms with Gasteiger partial charge in [0.2, 0.25) is 0 Å². The molecule has 23 heavy (non-hydrogen) atoms. The van der Waals surface area contributed by atoms with Crippen molar-refractivity contribution in [1.82, 2.24) is 4.98 Å². The molecular weight excluding hydrogens is 294 g/mol. The number of rotatable bonds is 4. The normalized spacial score (nSPS) is 20.6. The number of Topliss-reactive ketones (excluding diaryl/α,β-unsaturated/α-hetero) is 1. The van der Waals surface area contributed by atoms with E-state index < -0.39 is 5.60 Å². The maximum absolute atomic E-state index is 12.5. The van der Waals surface area contributed by atoms with E-state index in [0.717, 1.165) is 22.9 Å². The van der Waals surface area contributed by atoms with Crippen LogP contribution in [0.2, 0.25) is 0 Å². The second-order valence-electron chi connectivity index (χ2n) is 5.88. The predicted molar refractivity (Wildman–Crippen MR) is 86.6 cm³/mol. The van der Waals surface area contributed by atoms with E-state index in [-0.39, 0.29) is 24.8 Å². The number of benzene rings is 1. The van der Waals surface area contributed by atoms with Crippen molar-refractivity contribution < 1.29 is 19.1 Å². The summed E-state index contributed by atoms with van der Waals surface area (Å²) in [5.74, 6) is -0.394. The third-order valence-electron chi connectivity index (χ3n) is 4.74. The van der Waals surface area contributed by atoms with Gasteiger partial charge in [0.1, 0.15) is 12.2 Å². The molecule has 1 aromatic carbocycles. The van der Waals surface area contributed by atoms with E-state index >= 15 is 0 Å². The van der Waals surface area contributed by atoms with Gasteiger partial charge in [0, 0.05) is 10.9 Å². The fourth-order valence-corrected chi connectivity index (χ4v) is 3.40. The molecule has 0 aliphatic carbocycles. The Bertz CT molecular complexity index is 777. The van der Waals surface area contributed by atoms with Crippen molar-refractivity contribution >= 4 is 22.7 Å². The average Bonchev–Trinajstić information content (AvgIpc) is 2.98. The molecule has 5 nitrogen and oxygen atoms in total. The van der Waals surface area contributed by atoms with Crippen LogP contribution >= 0.6 is 0 Å². The topological polar surface area (TPSA) is 68.4 Å². The summed E-state index contributed by atoms with van der Waals surface area (Å²) < 4.78 is 10.7. The van der Waals surface area contributed by atoms with Gasteiger partial charge < -0.3 is 14.5 Å². The van der Waals surface area contributed by atoms with Crippen molar-refractivity contribution in [2.24, 2.45) is 0 Å². The third kappa shape index (κ3) is 2.36. The third-order valence-corrected chi connectivity index (χ3v) is 4.74. The van der Waals surface area contributed by atoms with Crippen LogP contribution < -0.4 is 0 Å². The summed E-state index contributed by atoms with van der Waals surface area (Å²) in [4.78, 5) is 27.7.